The van der Waals surface area contributed by atoms with Crippen molar-refractivity contribution in [2.75, 3.05) is 13.1 Å². The third-order valence-corrected chi connectivity index (χ3v) is 5.35. The summed E-state index contributed by atoms with van der Waals surface area (Å²) in [5.41, 5.74) is 2.03. The fourth-order valence-electron chi connectivity index (χ4n) is 3.00. The summed E-state index contributed by atoms with van der Waals surface area (Å²) in [7, 11) is 0. The van der Waals surface area contributed by atoms with Crippen molar-refractivity contribution in [2.24, 2.45) is 5.92 Å². The molecule has 0 bridgehead atoms. The Balaban J connectivity index is 1.53. The molecule has 0 spiro atoms. The molecule has 2 aromatic rings. The fraction of sp³-hybridized carbons (Fsp3) is 0.444. The average Bonchev–Trinajstić information content (AvgIpc) is 3.03. The van der Waals surface area contributed by atoms with Gasteiger partial charge in [0, 0.05) is 23.4 Å². The highest BCUT2D eigenvalue weighted by Gasteiger charge is 2.25. The first-order valence-electron chi connectivity index (χ1n) is 8.01. The van der Waals surface area contributed by atoms with Crippen LogP contribution >= 0.6 is 11.3 Å². The Labute approximate surface area is 136 Å². The minimum absolute atomic E-state index is 0.181. The van der Waals surface area contributed by atoms with Crippen molar-refractivity contribution >= 4 is 17.1 Å². The summed E-state index contributed by atoms with van der Waals surface area (Å²) >= 11 is 1.75. The summed E-state index contributed by atoms with van der Waals surface area (Å²) in [5.74, 6) is 0.488. The van der Waals surface area contributed by atoms with Crippen LogP contribution in [0.2, 0.25) is 0 Å². The van der Waals surface area contributed by atoms with Gasteiger partial charge in [0.1, 0.15) is 0 Å². The molecule has 1 fully saturated rings. The molecule has 0 N–H and O–H groups in total. The van der Waals surface area contributed by atoms with Crippen LogP contribution in [0.4, 0.5) is 0 Å². The maximum Gasteiger partial charge on any atom is 0.166 e. The predicted molar refractivity (Wildman–Crippen MR) is 90.3 cm³/mol. The number of nitrogens with zero attached hydrogens (tertiary/aromatic N) is 2. The maximum absolute atomic E-state index is 12.5. The minimum Gasteiger partial charge on any atom is -0.297 e. The van der Waals surface area contributed by atoms with Crippen LogP contribution in [-0.2, 0) is 13.0 Å². The second-order valence-electron chi connectivity index (χ2n) is 5.87. The van der Waals surface area contributed by atoms with E-state index in [1.807, 2.05) is 30.3 Å². The van der Waals surface area contributed by atoms with Gasteiger partial charge in [-0.05, 0) is 32.4 Å². The molecular formula is C18H22N2OS. The molecule has 1 saturated heterocycles. The molecule has 0 atom stereocenters. The molecule has 2 heterocycles. The van der Waals surface area contributed by atoms with Crippen LogP contribution in [0.25, 0.3) is 0 Å². The van der Waals surface area contributed by atoms with Crippen LogP contribution in [0, 0.1) is 5.92 Å². The van der Waals surface area contributed by atoms with Crippen molar-refractivity contribution in [2.45, 2.75) is 32.7 Å². The Morgan fingerprint density at radius 2 is 2.00 bits per heavy atom. The summed E-state index contributed by atoms with van der Waals surface area (Å²) in [5, 5.41) is 3.38. The molecule has 1 aliphatic rings. The van der Waals surface area contributed by atoms with Crippen LogP contribution in [0.15, 0.2) is 35.7 Å². The molecule has 3 nitrogen and oxygen atoms in total. The summed E-state index contributed by atoms with van der Waals surface area (Å²) < 4.78 is 0. The van der Waals surface area contributed by atoms with E-state index < -0.39 is 0 Å². The van der Waals surface area contributed by atoms with E-state index in [1.165, 1.54) is 10.7 Å². The first-order chi connectivity index (χ1) is 10.8. The topological polar surface area (TPSA) is 33.2 Å². The molecule has 1 aliphatic heterocycles. The quantitative estimate of drug-likeness (QED) is 0.787. The smallest absolute Gasteiger partial charge is 0.166 e. The number of benzene rings is 1. The SMILES string of the molecule is CCc1nc(CN2CCC(C(=O)c3ccccc3)CC2)cs1. The van der Waals surface area contributed by atoms with Crippen LogP contribution in [-0.4, -0.2) is 28.8 Å². The number of carbonyl (C=O) groups excluding carboxylic acids is 1. The van der Waals surface area contributed by atoms with Crippen molar-refractivity contribution < 1.29 is 4.79 Å². The molecular weight excluding hydrogens is 292 g/mol. The number of Topliss-reactive ketones (excluding diaryl/α,β-unsaturated/α-hetero) is 1. The minimum atomic E-state index is 0.181. The number of ketones is 1. The molecule has 1 aromatic heterocycles. The maximum atomic E-state index is 12.5. The number of piperidine rings is 1. The Morgan fingerprint density at radius 3 is 2.64 bits per heavy atom. The van der Waals surface area contributed by atoms with E-state index >= 15 is 0 Å². The highest BCUT2D eigenvalue weighted by Crippen LogP contribution is 2.23. The number of aryl methyl sites for hydroxylation is 1. The van der Waals surface area contributed by atoms with Gasteiger partial charge in [0.2, 0.25) is 0 Å². The number of likely N-dealkylation sites (tertiary alicyclic amines) is 1. The van der Waals surface area contributed by atoms with Crippen LogP contribution in [0.5, 0.6) is 0 Å². The Bertz CT molecular complexity index is 615. The molecule has 0 radical (unpaired) electrons. The number of carbonyl (C=O) groups is 1. The van der Waals surface area contributed by atoms with Crippen molar-refractivity contribution in [1.82, 2.24) is 9.88 Å². The van der Waals surface area contributed by atoms with Crippen molar-refractivity contribution in [1.29, 1.82) is 0 Å². The fourth-order valence-corrected chi connectivity index (χ4v) is 3.74. The average molecular weight is 314 g/mol. The molecule has 0 unspecified atom stereocenters. The summed E-state index contributed by atoms with van der Waals surface area (Å²) in [6, 6.07) is 9.69. The third kappa shape index (κ3) is 3.62. The predicted octanol–water partition coefficient (Wildman–Crippen LogP) is 3.80. The number of aromatic nitrogens is 1. The van der Waals surface area contributed by atoms with Gasteiger partial charge in [-0.2, -0.15) is 0 Å². The normalized spacial score (nSPS) is 16.8. The number of hydrogen-bond acceptors (Lipinski definition) is 4. The van der Waals surface area contributed by atoms with Crippen LogP contribution in [0.1, 0.15) is 40.8 Å². The first-order valence-corrected chi connectivity index (χ1v) is 8.89. The summed E-state index contributed by atoms with van der Waals surface area (Å²) in [6.07, 6.45) is 2.93. The van der Waals surface area contributed by atoms with E-state index in [-0.39, 0.29) is 5.92 Å². The molecule has 0 amide bonds. The second kappa shape index (κ2) is 7.16. The molecule has 22 heavy (non-hydrogen) atoms. The standard InChI is InChI=1S/C18H22N2OS/c1-2-17-19-16(13-22-17)12-20-10-8-15(9-11-20)18(21)14-6-4-3-5-7-14/h3-7,13,15H,2,8-12H2,1H3. The number of rotatable bonds is 5. The van der Waals surface area contributed by atoms with E-state index in [2.05, 4.69) is 22.2 Å². The van der Waals surface area contributed by atoms with Gasteiger partial charge in [0.15, 0.2) is 5.78 Å². The number of hydrogen-bond donors (Lipinski definition) is 0. The highest BCUT2D eigenvalue weighted by atomic mass is 32.1. The van der Waals surface area contributed by atoms with E-state index in [1.54, 1.807) is 11.3 Å². The first kappa shape index (κ1) is 15.4. The van der Waals surface area contributed by atoms with Gasteiger partial charge in [0.05, 0.1) is 10.7 Å². The van der Waals surface area contributed by atoms with Gasteiger partial charge in [-0.1, -0.05) is 37.3 Å². The zero-order valence-corrected chi connectivity index (χ0v) is 13.8. The lowest BCUT2D eigenvalue weighted by Gasteiger charge is -2.30. The van der Waals surface area contributed by atoms with E-state index in [9.17, 15) is 4.79 Å². The van der Waals surface area contributed by atoms with E-state index in [4.69, 9.17) is 0 Å². The van der Waals surface area contributed by atoms with Gasteiger partial charge >= 0.3 is 0 Å². The lowest BCUT2D eigenvalue weighted by molar-refractivity contribution is 0.0834. The van der Waals surface area contributed by atoms with Crippen molar-refractivity contribution in [3.8, 4) is 0 Å². The molecule has 0 saturated carbocycles. The van der Waals surface area contributed by atoms with Crippen LogP contribution < -0.4 is 0 Å². The largest absolute Gasteiger partial charge is 0.297 e. The zero-order chi connectivity index (χ0) is 15.4. The van der Waals surface area contributed by atoms with Gasteiger partial charge in [-0.15, -0.1) is 11.3 Å². The zero-order valence-electron chi connectivity index (χ0n) is 13.0. The number of thiazole rings is 1. The highest BCUT2D eigenvalue weighted by molar-refractivity contribution is 7.09. The Kier molecular flexibility index (Phi) is 5.01. The van der Waals surface area contributed by atoms with Gasteiger partial charge in [0.25, 0.3) is 0 Å². The summed E-state index contributed by atoms with van der Waals surface area (Å²) in [4.78, 5) is 19.5. The molecule has 3 rings (SSSR count). The van der Waals surface area contributed by atoms with E-state index in [0.29, 0.717) is 5.78 Å². The Hall–Kier alpha value is -1.52. The lowest BCUT2D eigenvalue weighted by atomic mass is 9.89. The summed E-state index contributed by atoms with van der Waals surface area (Å²) in [6.45, 7) is 5.04. The van der Waals surface area contributed by atoms with Gasteiger partial charge in [-0.25, -0.2) is 4.98 Å². The molecule has 4 heteroatoms. The monoisotopic (exact) mass is 314 g/mol. The van der Waals surface area contributed by atoms with Crippen molar-refractivity contribution in [3.63, 3.8) is 0 Å². The van der Waals surface area contributed by atoms with Crippen molar-refractivity contribution in [3.05, 3.63) is 52.0 Å². The van der Waals surface area contributed by atoms with E-state index in [0.717, 1.165) is 44.5 Å². The van der Waals surface area contributed by atoms with Crippen LogP contribution in [0.3, 0.4) is 0 Å². The Morgan fingerprint density at radius 1 is 1.27 bits per heavy atom. The van der Waals surface area contributed by atoms with Gasteiger partial charge < -0.3 is 0 Å². The third-order valence-electron chi connectivity index (χ3n) is 4.30. The lowest BCUT2D eigenvalue weighted by Crippen LogP contribution is -2.36. The molecule has 1 aromatic carbocycles. The molecule has 0 aliphatic carbocycles. The second-order valence-corrected chi connectivity index (χ2v) is 6.81. The van der Waals surface area contributed by atoms with Gasteiger partial charge in [-0.3, -0.25) is 9.69 Å². The molecule has 116 valence electrons.